The normalized spacial score (nSPS) is 29.1. The molecule has 2 aliphatic rings. The van der Waals surface area contributed by atoms with Crippen LogP contribution < -0.4 is 0 Å². The molecular weight excluding hydrogens is 212 g/mol. The summed E-state index contributed by atoms with van der Waals surface area (Å²) in [6.07, 6.45) is 0.129. The van der Waals surface area contributed by atoms with Gasteiger partial charge in [-0.3, -0.25) is 4.90 Å². The van der Waals surface area contributed by atoms with E-state index in [1.54, 1.807) is 0 Å². The van der Waals surface area contributed by atoms with E-state index >= 15 is 0 Å². The third-order valence-electron chi connectivity index (χ3n) is 4.09. The minimum absolute atomic E-state index is 0.0645. The number of ether oxygens (including phenoxy) is 1. The van der Waals surface area contributed by atoms with Crippen LogP contribution in [0.25, 0.3) is 0 Å². The van der Waals surface area contributed by atoms with E-state index in [9.17, 15) is 8.78 Å². The molecule has 2 rings (SSSR count). The van der Waals surface area contributed by atoms with Crippen molar-refractivity contribution in [2.45, 2.75) is 32.6 Å². The molecule has 2 nitrogen and oxygen atoms in total. The van der Waals surface area contributed by atoms with Crippen molar-refractivity contribution in [3.05, 3.63) is 0 Å². The molecule has 0 amide bonds. The molecule has 0 bridgehead atoms. The molecule has 4 heteroatoms. The molecule has 0 aromatic carbocycles. The lowest BCUT2D eigenvalue weighted by molar-refractivity contribution is -0.189. The van der Waals surface area contributed by atoms with Crippen LogP contribution in [0.5, 0.6) is 0 Å². The Morgan fingerprint density at radius 2 is 1.75 bits per heavy atom. The number of halogens is 2. The minimum Gasteiger partial charge on any atom is -0.379 e. The van der Waals surface area contributed by atoms with Crippen LogP contribution in [0, 0.1) is 11.3 Å². The molecule has 0 unspecified atom stereocenters. The zero-order valence-corrected chi connectivity index (χ0v) is 10.1. The molecule has 1 saturated carbocycles. The maximum absolute atomic E-state index is 13.1. The summed E-state index contributed by atoms with van der Waals surface area (Å²) in [6.45, 7) is 8.20. The highest BCUT2D eigenvalue weighted by molar-refractivity contribution is 5.02. The second kappa shape index (κ2) is 4.22. The van der Waals surface area contributed by atoms with Crippen molar-refractivity contribution in [2.75, 3.05) is 32.8 Å². The van der Waals surface area contributed by atoms with Gasteiger partial charge in [0.2, 0.25) is 5.92 Å². The quantitative estimate of drug-likeness (QED) is 0.742. The standard InChI is InChI=1S/C12H21F2NO/c1-10(2)11(7-12(13,14)8-11)9-15-3-5-16-6-4-15/h10H,3-9H2,1-2H3. The van der Waals surface area contributed by atoms with E-state index in [0.29, 0.717) is 5.92 Å². The van der Waals surface area contributed by atoms with E-state index in [-0.39, 0.29) is 18.3 Å². The fourth-order valence-corrected chi connectivity index (χ4v) is 2.89. The maximum atomic E-state index is 13.1. The first-order valence-electron chi connectivity index (χ1n) is 6.12. The van der Waals surface area contributed by atoms with Gasteiger partial charge in [0.25, 0.3) is 0 Å². The molecule has 16 heavy (non-hydrogen) atoms. The molecule has 1 aliphatic heterocycles. The van der Waals surface area contributed by atoms with Gasteiger partial charge < -0.3 is 4.74 Å². The highest BCUT2D eigenvalue weighted by atomic mass is 19.3. The molecular formula is C12H21F2NO. The Labute approximate surface area is 95.9 Å². The molecule has 0 aromatic rings. The molecule has 0 aromatic heterocycles. The molecule has 1 heterocycles. The van der Waals surface area contributed by atoms with Gasteiger partial charge in [-0.1, -0.05) is 13.8 Å². The van der Waals surface area contributed by atoms with Gasteiger partial charge in [0.15, 0.2) is 0 Å². The lowest BCUT2D eigenvalue weighted by Crippen LogP contribution is -2.56. The Morgan fingerprint density at radius 1 is 1.19 bits per heavy atom. The first-order chi connectivity index (χ1) is 7.44. The monoisotopic (exact) mass is 233 g/mol. The Bertz CT molecular complexity index is 241. The van der Waals surface area contributed by atoms with E-state index in [1.165, 1.54) is 0 Å². The first-order valence-corrected chi connectivity index (χ1v) is 6.12. The zero-order valence-electron chi connectivity index (χ0n) is 10.1. The van der Waals surface area contributed by atoms with Crippen molar-refractivity contribution < 1.29 is 13.5 Å². The summed E-state index contributed by atoms with van der Waals surface area (Å²) in [6, 6.07) is 0. The van der Waals surface area contributed by atoms with Gasteiger partial charge in [0.05, 0.1) is 13.2 Å². The van der Waals surface area contributed by atoms with Crippen LogP contribution in [0.4, 0.5) is 8.78 Å². The molecule has 0 atom stereocenters. The van der Waals surface area contributed by atoms with Crippen molar-refractivity contribution >= 4 is 0 Å². The molecule has 0 spiro atoms. The van der Waals surface area contributed by atoms with Gasteiger partial charge in [0.1, 0.15) is 0 Å². The third-order valence-corrected chi connectivity index (χ3v) is 4.09. The van der Waals surface area contributed by atoms with Crippen molar-refractivity contribution in [3.63, 3.8) is 0 Å². The highest BCUT2D eigenvalue weighted by Gasteiger charge is 2.58. The lowest BCUT2D eigenvalue weighted by Gasteiger charge is -2.52. The van der Waals surface area contributed by atoms with E-state index in [4.69, 9.17) is 4.74 Å². The van der Waals surface area contributed by atoms with Gasteiger partial charge in [-0.05, 0) is 11.3 Å². The molecule has 0 radical (unpaired) electrons. The second-order valence-electron chi connectivity index (χ2n) is 5.62. The second-order valence-corrected chi connectivity index (χ2v) is 5.62. The SMILES string of the molecule is CC(C)C1(CN2CCOCC2)CC(F)(F)C1. The lowest BCUT2D eigenvalue weighted by atomic mass is 9.59. The summed E-state index contributed by atoms with van der Waals surface area (Å²) in [5.41, 5.74) is -0.166. The fraction of sp³-hybridized carbons (Fsp3) is 1.00. The maximum Gasteiger partial charge on any atom is 0.249 e. The average Bonchev–Trinajstić information content (AvgIpc) is 2.15. The molecule has 0 N–H and O–H groups in total. The van der Waals surface area contributed by atoms with Crippen LogP contribution in [0.3, 0.4) is 0 Å². The average molecular weight is 233 g/mol. The highest BCUT2D eigenvalue weighted by Crippen LogP contribution is 2.56. The number of hydrogen-bond donors (Lipinski definition) is 0. The summed E-state index contributed by atoms with van der Waals surface area (Å²) in [5.74, 6) is -2.09. The van der Waals surface area contributed by atoms with E-state index in [0.717, 1.165) is 32.8 Å². The predicted molar refractivity (Wildman–Crippen MR) is 58.7 cm³/mol. The van der Waals surface area contributed by atoms with Gasteiger partial charge >= 0.3 is 0 Å². The molecule has 2 fully saturated rings. The van der Waals surface area contributed by atoms with Crippen LogP contribution in [0.2, 0.25) is 0 Å². The Morgan fingerprint density at radius 3 is 2.19 bits per heavy atom. The summed E-state index contributed by atoms with van der Waals surface area (Å²) < 4.78 is 31.5. The summed E-state index contributed by atoms with van der Waals surface area (Å²) in [5, 5.41) is 0. The topological polar surface area (TPSA) is 12.5 Å². The fourth-order valence-electron chi connectivity index (χ4n) is 2.89. The van der Waals surface area contributed by atoms with Crippen molar-refractivity contribution in [1.82, 2.24) is 4.90 Å². The van der Waals surface area contributed by atoms with E-state index in [1.807, 2.05) is 0 Å². The van der Waals surface area contributed by atoms with Crippen molar-refractivity contribution in [1.29, 1.82) is 0 Å². The summed E-state index contributed by atoms with van der Waals surface area (Å²) >= 11 is 0. The van der Waals surface area contributed by atoms with Crippen LogP contribution in [0.1, 0.15) is 26.7 Å². The van der Waals surface area contributed by atoms with Crippen LogP contribution in [-0.4, -0.2) is 43.7 Å². The van der Waals surface area contributed by atoms with Gasteiger partial charge in [-0.2, -0.15) is 0 Å². The van der Waals surface area contributed by atoms with Gasteiger partial charge in [0, 0.05) is 32.5 Å². The van der Waals surface area contributed by atoms with Crippen molar-refractivity contribution in [3.8, 4) is 0 Å². The third kappa shape index (κ3) is 2.38. The van der Waals surface area contributed by atoms with E-state index < -0.39 is 5.92 Å². The number of morpholine rings is 1. The first kappa shape index (κ1) is 12.2. The number of hydrogen-bond acceptors (Lipinski definition) is 2. The molecule has 1 aliphatic carbocycles. The van der Waals surface area contributed by atoms with Crippen LogP contribution in [-0.2, 0) is 4.74 Å². The summed E-state index contributed by atoms with van der Waals surface area (Å²) in [7, 11) is 0. The zero-order chi connectivity index (χ0) is 11.8. The van der Waals surface area contributed by atoms with Crippen LogP contribution in [0.15, 0.2) is 0 Å². The number of rotatable bonds is 3. The Kier molecular flexibility index (Phi) is 3.23. The summed E-state index contributed by atoms with van der Waals surface area (Å²) in [4.78, 5) is 2.28. The molecule has 94 valence electrons. The Balaban J connectivity index is 1.94. The molecule has 1 saturated heterocycles. The van der Waals surface area contributed by atoms with Gasteiger partial charge in [-0.15, -0.1) is 0 Å². The van der Waals surface area contributed by atoms with Crippen molar-refractivity contribution in [2.24, 2.45) is 11.3 Å². The number of nitrogens with zero attached hydrogens (tertiary/aromatic N) is 1. The minimum atomic E-state index is -2.42. The van der Waals surface area contributed by atoms with E-state index in [2.05, 4.69) is 18.7 Å². The predicted octanol–water partition coefficient (Wildman–Crippen LogP) is 2.39. The van der Waals surface area contributed by atoms with Crippen LogP contribution >= 0.6 is 0 Å². The number of alkyl halides is 2. The Hall–Kier alpha value is -0.220. The smallest absolute Gasteiger partial charge is 0.249 e. The van der Waals surface area contributed by atoms with Gasteiger partial charge in [-0.25, -0.2) is 8.78 Å². The largest absolute Gasteiger partial charge is 0.379 e.